The molecule has 0 bridgehead atoms. The zero-order chi connectivity index (χ0) is 23.5. The second-order valence-corrected chi connectivity index (χ2v) is 7.91. The van der Waals surface area contributed by atoms with E-state index < -0.39 is 17.8 Å². The maximum atomic E-state index is 13.0. The minimum absolute atomic E-state index is 0.0211. The minimum Gasteiger partial charge on any atom is -0.508 e. The number of phenols is 1. The van der Waals surface area contributed by atoms with Crippen molar-refractivity contribution in [2.75, 3.05) is 4.90 Å². The Hall–Kier alpha value is -3.81. The van der Waals surface area contributed by atoms with Gasteiger partial charge in [-0.05, 0) is 60.2 Å². The van der Waals surface area contributed by atoms with Crippen LogP contribution in [0.4, 0.5) is 10.5 Å². The van der Waals surface area contributed by atoms with Gasteiger partial charge in [0.1, 0.15) is 23.7 Å². The van der Waals surface area contributed by atoms with Crippen molar-refractivity contribution >= 4 is 52.8 Å². The summed E-state index contributed by atoms with van der Waals surface area (Å²) in [5.41, 5.74) is 1.26. The lowest BCUT2D eigenvalue weighted by atomic mass is 10.1. The molecule has 33 heavy (non-hydrogen) atoms. The van der Waals surface area contributed by atoms with E-state index in [4.69, 9.17) is 27.9 Å². The number of barbiturate groups is 1. The molecule has 3 aromatic rings. The Bertz CT molecular complexity index is 1290. The third kappa shape index (κ3) is 5.00. The first kappa shape index (κ1) is 22.4. The number of urea groups is 1. The van der Waals surface area contributed by atoms with Gasteiger partial charge in [-0.3, -0.25) is 14.9 Å². The van der Waals surface area contributed by atoms with Gasteiger partial charge in [0, 0.05) is 15.6 Å². The lowest BCUT2D eigenvalue weighted by Crippen LogP contribution is -2.54. The highest BCUT2D eigenvalue weighted by atomic mass is 35.5. The Morgan fingerprint density at radius 3 is 2.45 bits per heavy atom. The van der Waals surface area contributed by atoms with Crippen molar-refractivity contribution < 1.29 is 24.2 Å². The van der Waals surface area contributed by atoms with Crippen LogP contribution in [0.3, 0.4) is 0 Å². The molecule has 0 atom stereocenters. The number of aromatic hydroxyl groups is 1. The van der Waals surface area contributed by atoms with Gasteiger partial charge in [0.05, 0.1) is 5.69 Å². The van der Waals surface area contributed by atoms with Crippen LogP contribution in [0.2, 0.25) is 10.0 Å². The van der Waals surface area contributed by atoms with Crippen molar-refractivity contribution in [3.63, 3.8) is 0 Å². The monoisotopic (exact) mass is 482 g/mol. The molecule has 3 aromatic carbocycles. The van der Waals surface area contributed by atoms with E-state index in [1.165, 1.54) is 30.3 Å². The van der Waals surface area contributed by atoms with Crippen LogP contribution < -0.4 is 15.0 Å². The van der Waals surface area contributed by atoms with E-state index in [1.807, 2.05) is 0 Å². The molecule has 1 aliphatic heterocycles. The minimum atomic E-state index is -0.871. The van der Waals surface area contributed by atoms with Crippen molar-refractivity contribution in [2.24, 2.45) is 0 Å². The predicted molar refractivity (Wildman–Crippen MR) is 124 cm³/mol. The number of nitrogens with zero attached hydrogens (tertiary/aromatic N) is 1. The number of halogens is 2. The summed E-state index contributed by atoms with van der Waals surface area (Å²) >= 11 is 12.1. The van der Waals surface area contributed by atoms with Crippen molar-refractivity contribution in [1.82, 2.24) is 5.32 Å². The van der Waals surface area contributed by atoms with E-state index in [-0.39, 0.29) is 23.6 Å². The largest absolute Gasteiger partial charge is 0.508 e. The van der Waals surface area contributed by atoms with Gasteiger partial charge in [-0.15, -0.1) is 0 Å². The lowest BCUT2D eigenvalue weighted by Gasteiger charge is -2.26. The van der Waals surface area contributed by atoms with Gasteiger partial charge >= 0.3 is 6.03 Å². The summed E-state index contributed by atoms with van der Waals surface area (Å²) in [4.78, 5) is 38.4. The summed E-state index contributed by atoms with van der Waals surface area (Å²) < 4.78 is 5.78. The molecule has 4 amide bonds. The number of ether oxygens (including phenoxy) is 1. The molecule has 0 spiro atoms. The van der Waals surface area contributed by atoms with E-state index in [9.17, 15) is 19.5 Å². The van der Waals surface area contributed by atoms with Crippen molar-refractivity contribution in [3.05, 3.63) is 93.5 Å². The standard InChI is InChI=1S/C24H16Cl2N2O5/c25-16-5-4-15(21(26)12-16)13-33-19-3-1-2-14(10-19)11-20-22(30)27-24(32)28(23(20)31)17-6-8-18(29)9-7-17/h1-12,29H,13H2,(H,27,30,32)/b20-11-. The first-order valence-corrected chi connectivity index (χ1v) is 10.4. The van der Waals surface area contributed by atoms with Crippen LogP contribution in [-0.2, 0) is 16.2 Å². The summed E-state index contributed by atoms with van der Waals surface area (Å²) in [6, 6.07) is 16.5. The molecule has 1 aliphatic rings. The molecule has 0 radical (unpaired) electrons. The first-order valence-electron chi connectivity index (χ1n) is 9.69. The molecule has 4 rings (SSSR count). The molecule has 0 unspecified atom stereocenters. The highest BCUT2D eigenvalue weighted by Crippen LogP contribution is 2.26. The number of amides is 4. The number of carbonyl (C=O) groups is 3. The molecular weight excluding hydrogens is 467 g/mol. The quantitative estimate of drug-likeness (QED) is 0.396. The molecule has 1 fully saturated rings. The summed E-state index contributed by atoms with van der Waals surface area (Å²) in [5.74, 6) is -1.12. The van der Waals surface area contributed by atoms with Gasteiger partial charge in [-0.1, -0.05) is 41.4 Å². The van der Waals surface area contributed by atoms with E-state index in [2.05, 4.69) is 5.32 Å². The fraction of sp³-hybridized carbons (Fsp3) is 0.0417. The SMILES string of the molecule is O=C1NC(=O)N(c2ccc(O)cc2)C(=O)/C1=C\c1cccc(OCc2ccc(Cl)cc2Cl)c1. The van der Waals surface area contributed by atoms with E-state index in [0.29, 0.717) is 21.4 Å². The van der Waals surface area contributed by atoms with Gasteiger partial charge in [-0.25, -0.2) is 9.69 Å². The Kier molecular flexibility index (Phi) is 6.35. The number of phenolic OH excluding ortho intramolecular Hbond substituents is 1. The van der Waals surface area contributed by atoms with Crippen LogP contribution in [0.1, 0.15) is 11.1 Å². The van der Waals surface area contributed by atoms with E-state index >= 15 is 0 Å². The van der Waals surface area contributed by atoms with Gasteiger partial charge in [0.2, 0.25) is 0 Å². The number of nitrogens with one attached hydrogen (secondary N) is 1. The smallest absolute Gasteiger partial charge is 0.335 e. The number of benzene rings is 3. The van der Waals surface area contributed by atoms with Crippen LogP contribution in [0.25, 0.3) is 6.08 Å². The molecular formula is C24H16Cl2N2O5. The number of anilines is 1. The molecule has 1 heterocycles. The summed E-state index contributed by atoms with van der Waals surface area (Å²) in [7, 11) is 0. The predicted octanol–water partition coefficient (Wildman–Crippen LogP) is 4.94. The zero-order valence-corrected chi connectivity index (χ0v) is 18.4. The fourth-order valence-corrected chi connectivity index (χ4v) is 3.62. The van der Waals surface area contributed by atoms with Gasteiger partial charge in [0.25, 0.3) is 11.8 Å². The Morgan fingerprint density at radius 1 is 0.970 bits per heavy atom. The maximum Gasteiger partial charge on any atom is 0.335 e. The molecule has 7 nitrogen and oxygen atoms in total. The Morgan fingerprint density at radius 2 is 1.73 bits per heavy atom. The number of hydrogen-bond donors (Lipinski definition) is 2. The maximum absolute atomic E-state index is 13.0. The number of imide groups is 2. The first-order chi connectivity index (χ1) is 15.8. The summed E-state index contributed by atoms with van der Waals surface area (Å²) in [6.07, 6.45) is 1.37. The van der Waals surface area contributed by atoms with Crippen molar-refractivity contribution in [3.8, 4) is 11.5 Å². The van der Waals surface area contributed by atoms with Crippen molar-refractivity contribution in [2.45, 2.75) is 6.61 Å². The number of rotatable bonds is 5. The topological polar surface area (TPSA) is 95.9 Å². The third-order valence-corrected chi connectivity index (χ3v) is 5.38. The van der Waals surface area contributed by atoms with Gasteiger partial charge in [-0.2, -0.15) is 0 Å². The highest BCUT2D eigenvalue weighted by molar-refractivity contribution is 6.39. The second kappa shape index (κ2) is 9.36. The highest BCUT2D eigenvalue weighted by Gasteiger charge is 2.36. The second-order valence-electron chi connectivity index (χ2n) is 7.07. The van der Waals surface area contributed by atoms with Crippen LogP contribution in [0, 0.1) is 0 Å². The number of hydrogen-bond acceptors (Lipinski definition) is 5. The fourth-order valence-electron chi connectivity index (χ4n) is 3.15. The summed E-state index contributed by atoms with van der Waals surface area (Å²) in [5, 5.41) is 12.6. The van der Waals surface area contributed by atoms with Crippen LogP contribution in [-0.4, -0.2) is 23.0 Å². The summed E-state index contributed by atoms with van der Waals surface area (Å²) in [6.45, 7) is 0.193. The molecule has 9 heteroatoms. The molecule has 2 N–H and O–H groups in total. The lowest BCUT2D eigenvalue weighted by molar-refractivity contribution is -0.122. The van der Waals surface area contributed by atoms with Gasteiger partial charge in [0.15, 0.2) is 0 Å². The molecule has 1 saturated heterocycles. The van der Waals surface area contributed by atoms with Crippen LogP contribution in [0.15, 0.2) is 72.3 Å². The van der Waals surface area contributed by atoms with E-state index in [1.54, 1.807) is 42.5 Å². The Balaban J connectivity index is 1.57. The van der Waals surface area contributed by atoms with E-state index in [0.717, 1.165) is 10.5 Å². The molecule has 0 aromatic heterocycles. The molecule has 0 aliphatic carbocycles. The average Bonchev–Trinajstić information content (AvgIpc) is 2.77. The third-order valence-electron chi connectivity index (χ3n) is 4.79. The molecule has 166 valence electrons. The van der Waals surface area contributed by atoms with Crippen LogP contribution in [0.5, 0.6) is 11.5 Å². The van der Waals surface area contributed by atoms with Crippen molar-refractivity contribution in [1.29, 1.82) is 0 Å². The van der Waals surface area contributed by atoms with Crippen LogP contribution >= 0.6 is 23.2 Å². The van der Waals surface area contributed by atoms with Gasteiger partial charge < -0.3 is 9.84 Å². The normalized spacial score (nSPS) is 15.0. The number of carbonyl (C=O) groups excluding carboxylic acids is 3. The zero-order valence-electron chi connectivity index (χ0n) is 16.9. The average molecular weight is 483 g/mol. The molecule has 0 saturated carbocycles. The Labute approximate surface area is 198 Å².